The van der Waals surface area contributed by atoms with Gasteiger partial charge in [0.05, 0.1) is 6.10 Å². The van der Waals surface area contributed by atoms with Crippen LogP contribution in [-0.2, 0) is 9.53 Å². The first kappa shape index (κ1) is 15.3. The third-order valence-corrected chi connectivity index (χ3v) is 6.67. The second-order valence-electron chi connectivity index (χ2n) is 7.99. The van der Waals surface area contributed by atoms with Crippen LogP contribution in [0.15, 0.2) is 0 Å². The van der Waals surface area contributed by atoms with Crippen LogP contribution in [0.3, 0.4) is 0 Å². The van der Waals surface area contributed by atoms with Crippen LogP contribution in [0.5, 0.6) is 0 Å². The van der Waals surface area contributed by atoms with Crippen LogP contribution in [-0.4, -0.2) is 41.6 Å². The van der Waals surface area contributed by atoms with Crippen molar-refractivity contribution in [2.75, 3.05) is 13.2 Å². The number of ether oxygens (including phenoxy) is 1. The summed E-state index contributed by atoms with van der Waals surface area (Å²) in [6.07, 6.45) is 4.50. The number of amides is 1. The lowest BCUT2D eigenvalue weighted by Crippen LogP contribution is -2.83. The van der Waals surface area contributed by atoms with E-state index in [0.717, 1.165) is 32.4 Å². The Hall–Kier alpha value is -0.610. The summed E-state index contributed by atoms with van der Waals surface area (Å²) in [5, 5.41) is 0. The number of carbonyl (C=O) groups is 1. The highest BCUT2D eigenvalue weighted by molar-refractivity contribution is 5.90. The Morgan fingerprint density at radius 3 is 2.67 bits per heavy atom. The molecule has 2 aliphatic heterocycles. The van der Waals surface area contributed by atoms with E-state index in [2.05, 4.69) is 32.6 Å². The number of likely N-dealkylation sites (tertiary alicyclic amines) is 1. The second kappa shape index (κ2) is 4.95. The number of nitrogens with zero attached hydrogens (tertiary/aromatic N) is 1. The van der Waals surface area contributed by atoms with E-state index in [1.165, 1.54) is 6.42 Å². The summed E-state index contributed by atoms with van der Waals surface area (Å²) in [4.78, 5) is 15.3. The molecular formula is C17H30N2O2. The Bertz CT molecular complexity index is 437. The van der Waals surface area contributed by atoms with Crippen LogP contribution in [0, 0.1) is 17.3 Å². The fourth-order valence-corrected chi connectivity index (χ4v) is 4.87. The molecule has 5 atom stereocenters. The lowest BCUT2D eigenvalue weighted by Gasteiger charge is -2.66. The number of carbonyl (C=O) groups excluding carboxylic acids is 1. The van der Waals surface area contributed by atoms with Crippen LogP contribution in [0.4, 0.5) is 0 Å². The zero-order valence-electron chi connectivity index (χ0n) is 13.9. The number of rotatable bonds is 1. The summed E-state index contributed by atoms with van der Waals surface area (Å²) in [6.45, 7) is 10.3. The average Bonchev–Trinajstić information content (AvgIpc) is 2.48. The lowest BCUT2D eigenvalue weighted by molar-refractivity contribution is -0.231. The van der Waals surface area contributed by atoms with Crippen molar-refractivity contribution >= 4 is 5.91 Å². The van der Waals surface area contributed by atoms with Gasteiger partial charge in [-0.3, -0.25) is 4.79 Å². The van der Waals surface area contributed by atoms with Crippen LogP contribution >= 0.6 is 0 Å². The summed E-state index contributed by atoms with van der Waals surface area (Å²) in [6, 6.07) is 0.297. The van der Waals surface area contributed by atoms with Crippen molar-refractivity contribution in [3.8, 4) is 0 Å². The molecule has 0 aromatic rings. The van der Waals surface area contributed by atoms with Crippen molar-refractivity contribution in [3.05, 3.63) is 0 Å². The molecule has 2 N–H and O–H groups in total. The predicted molar refractivity (Wildman–Crippen MR) is 82.7 cm³/mol. The summed E-state index contributed by atoms with van der Waals surface area (Å²) >= 11 is 0. The van der Waals surface area contributed by atoms with Gasteiger partial charge in [0.1, 0.15) is 5.54 Å². The molecule has 4 nitrogen and oxygen atoms in total. The van der Waals surface area contributed by atoms with Crippen molar-refractivity contribution in [2.45, 2.75) is 71.1 Å². The first-order chi connectivity index (χ1) is 9.81. The molecule has 21 heavy (non-hydrogen) atoms. The predicted octanol–water partition coefficient (Wildman–Crippen LogP) is 2.17. The van der Waals surface area contributed by atoms with Crippen LogP contribution < -0.4 is 5.73 Å². The highest BCUT2D eigenvalue weighted by Crippen LogP contribution is 2.58. The summed E-state index contributed by atoms with van der Waals surface area (Å²) in [5.74, 6) is 0.921. The summed E-state index contributed by atoms with van der Waals surface area (Å²) in [7, 11) is 0. The number of hydrogen-bond donors (Lipinski definition) is 1. The minimum absolute atomic E-state index is 0.151. The molecule has 1 saturated carbocycles. The summed E-state index contributed by atoms with van der Waals surface area (Å²) in [5.41, 5.74) is 5.73. The van der Waals surface area contributed by atoms with E-state index in [-0.39, 0.29) is 23.3 Å². The lowest BCUT2D eigenvalue weighted by atomic mass is 9.46. The van der Waals surface area contributed by atoms with E-state index < -0.39 is 5.54 Å². The van der Waals surface area contributed by atoms with Gasteiger partial charge in [-0.1, -0.05) is 20.8 Å². The smallest absolute Gasteiger partial charge is 0.243 e. The largest absolute Gasteiger partial charge is 0.377 e. The van der Waals surface area contributed by atoms with E-state index in [4.69, 9.17) is 10.5 Å². The molecule has 1 aliphatic carbocycles. The zero-order chi connectivity index (χ0) is 15.4. The normalized spacial score (nSPS) is 45.7. The molecule has 0 aromatic carbocycles. The molecule has 0 radical (unpaired) electrons. The third kappa shape index (κ3) is 1.91. The Labute approximate surface area is 128 Å². The van der Waals surface area contributed by atoms with Gasteiger partial charge in [-0.2, -0.15) is 0 Å². The maximum atomic E-state index is 13.3. The van der Waals surface area contributed by atoms with Crippen molar-refractivity contribution in [1.29, 1.82) is 0 Å². The highest BCUT2D eigenvalue weighted by Gasteiger charge is 2.71. The van der Waals surface area contributed by atoms with E-state index in [1.54, 1.807) is 0 Å². The molecule has 3 rings (SSSR count). The quantitative estimate of drug-likeness (QED) is 0.806. The first-order valence-electron chi connectivity index (χ1n) is 8.53. The Kier molecular flexibility index (Phi) is 3.61. The van der Waals surface area contributed by atoms with E-state index in [0.29, 0.717) is 12.0 Å². The number of fused-ring (bicyclic) bond motifs is 1. The molecule has 2 heterocycles. The van der Waals surface area contributed by atoms with Gasteiger partial charge in [0, 0.05) is 30.5 Å². The minimum atomic E-state index is -0.747. The highest BCUT2D eigenvalue weighted by atomic mass is 16.5. The SMILES string of the molecule is CC1CCCN(C(=O)C2(N)C3CCCOC3C2(C)C)C1C. The topological polar surface area (TPSA) is 55.6 Å². The fraction of sp³-hybridized carbons (Fsp3) is 0.941. The molecular weight excluding hydrogens is 264 g/mol. The number of piperidine rings is 1. The molecule has 0 aromatic heterocycles. The minimum Gasteiger partial charge on any atom is -0.377 e. The van der Waals surface area contributed by atoms with Gasteiger partial charge >= 0.3 is 0 Å². The van der Waals surface area contributed by atoms with Crippen molar-refractivity contribution < 1.29 is 9.53 Å². The van der Waals surface area contributed by atoms with Gasteiger partial charge in [0.15, 0.2) is 0 Å². The van der Waals surface area contributed by atoms with Crippen LogP contribution in [0.1, 0.15) is 53.4 Å². The van der Waals surface area contributed by atoms with Crippen molar-refractivity contribution in [1.82, 2.24) is 4.90 Å². The molecule has 2 saturated heterocycles. The zero-order valence-corrected chi connectivity index (χ0v) is 13.9. The average molecular weight is 294 g/mol. The van der Waals surface area contributed by atoms with Crippen molar-refractivity contribution in [3.63, 3.8) is 0 Å². The third-order valence-electron chi connectivity index (χ3n) is 6.67. The first-order valence-corrected chi connectivity index (χ1v) is 8.53. The Morgan fingerprint density at radius 2 is 1.95 bits per heavy atom. The maximum absolute atomic E-state index is 13.3. The van der Waals surface area contributed by atoms with E-state index >= 15 is 0 Å². The van der Waals surface area contributed by atoms with Crippen LogP contribution in [0.2, 0.25) is 0 Å². The van der Waals surface area contributed by atoms with Gasteiger partial charge in [0.2, 0.25) is 5.91 Å². The van der Waals surface area contributed by atoms with Gasteiger partial charge in [-0.25, -0.2) is 0 Å². The molecule has 0 spiro atoms. The van der Waals surface area contributed by atoms with Crippen molar-refractivity contribution in [2.24, 2.45) is 23.0 Å². The monoisotopic (exact) mass is 294 g/mol. The van der Waals surface area contributed by atoms with Gasteiger partial charge < -0.3 is 15.4 Å². The Morgan fingerprint density at radius 1 is 1.24 bits per heavy atom. The maximum Gasteiger partial charge on any atom is 0.243 e. The standard InChI is InChI=1S/C17H30N2O2/c1-11-7-5-9-19(12(11)2)15(20)17(18)13-8-6-10-21-14(13)16(17,3)4/h11-14H,5-10,18H2,1-4H3. The van der Waals surface area contributed by atoms with E-state index in [1.807, 2.05) is 0 Å². The molecule has 1 amide bonds. The fourth-order valence-electron chi connectivity index (χ4n) is 4.87. The molecule has 120 valence electrons. The van der Waals surface area contributed by atoms with Gasteiger partial charge in [0.25, 0.3) is 0 Å². The van der Waals surface area contributed by atoms with Gasteiger partial charge in [-0.05, 0) is 38.5 Å². The number of nitrogens with two attached hydrogens (primary N) is 1. The van der Waals surface area contributed by atoms with E-state index in [9.17, 15) is 4.79 Å². The molecule has 3 aliphatic rings. The van der Waals surface area contributed by atoms with Crippen LogP contribution in [0.25, 0.3) is 0 Å². The molecule has 3 fully saturated rings. The Balaban J connectivity index is 1.85. The van der Waals surface area contributed by atoms with Gasteiger partial charge in [-0.15, -0.1) is 0 Å². The number of hydrogen-bond acceptors (Lipinski definition) is 3. The molecule has 0 bridgehead atoms. The summed E-state index contributed by atoms with van der Waals surface area (Å²) < 4.78 is 5.92. The molecule has 5 unspecified atom stereocenters. The molecule has 4 heteroatoms. The second-order valence-corrected chi connectivity index (χ2v) is 7.99.